The van der Waals surface area contributed by atoms with Crippen LogP contribution < -0.4 is 5.32 Å². The van der Waals surface area contributed by atoms with Crippen molar-refractivity contribution in [3.63, 3.8) is 0 Å². The van der Waals surface area contributed by atoms with Crippen molar-refractivity contribution >= 4 is 17.2 Å². The highest BCUT2D eigenvalue weighted by Crippen LogP contribution is 2.15. The Morgan fingerprint density at radius 1 is 1.41 bits per heavy atom. The van der Waals surface area contributed by atoms with Crippen molar-refractivity contribution in [3.8, 4) is 0 Å². The van der Waals surface area contributed by atoms with Crippen LogP contribution in [0.4, 0.5) is 0 Å². The van der Waals surface area contributed by atoms with Crippen molar-refractivity contribution in [2.75, 3.05) is 13.2 Å². The summed E-state index contributed by atoms with van der Waals surface area (Å²) >= 11 is 1.41. The van der Waals surface area contributed by atoms with E-state index in [0.29, 0.717) is 25.5 Å². The van der Waals surface area contributed by atoms with Crippen LogP contribution in [0.3, 0.4) is 0 Å². The molecule has 1 N–H and O–H groups in total. The molecule has 2 atom stereocenters. The number of amides is 1. The van der Waals surface area contributed by atoms with Gasteiger partial charge in [0.1, 0.15) is 11.8 Å². The molecule has 0 saturated carbocycles. The molecule has 6 heteroatoms. The third-order valence-electron chi connectivity index (χ3n) is 3.59. The highest BCUT2D eigenvalue weighted by Gasteiger charge is 2.28. The average molecular weight is 318 g/mol. The van der Waals surface area contributed by atoms with Gasteiger partial charge >= 0.3 is 0 Å². The van der Waals surface area contributed by atoms with Crippen LogP contribution in [-0.2, 0) is 16.1 Å². The van der Waals surface area contributed by atoms with Gasteiger partial charge < -0.3 is 14.8 Å². The lowest BCUT2D eigenvalue weighted by molar-refractivity contribution is -0.0736. The summed E-state index contributed by atoms with van der Waals surface area (Å²) in [7, 11) is 0. The van der Waals surface area contributed by atoms with Gasteiger partial charge in [0.25, 0.3) is 5.91 Å². The summed E-state index contributed by atoms with van der Waals surface area (Å²) in [6.45, 7) is 1.64. The fourth-order valence-corrected chi connectivity index (χ4v) is 2.92. The molecule has 1 aliphatic heterocycles. The van der Waals surface area contributed by atoms with Gasteiger partial charge in [-0.05, 0) is 12.0 Å². The monoisotopic (exact) mass is 318 g/mol. The van der Waals surface area contributed by atoms with E-state index in [4.69, 9.17) is 9.47 Å². The maximum atomic E-state index is 12.1. The van der Waals surface area contributed by atoms with Crippen LogP contribution in [0, 0.1) is 0 Å². The smallest absolute Gasteiger partial charge is 0.271 e. The third-order valence-corrected chi connectivity index (χ3v) is 4.18. The first kappa shape index (κ1) is 15.1. The summed E-state index contributed by atoms with van der Waals surface area (Å²) in [5.41, 5.74) is 3.22. The number of carbonyl (C=O) groups is 1. The van der Waals surface area contributed by atoms with Gasteiger partial charge in [-0.1, -0.05) is 30.3 Å². The van der Waals surface area contributed by atoms with E-state index >= 15 is 0 Å². The molecule has 0 unspecified atom stereocenters. The molecule has 116 valence electrons. The van der Waals surface area contributed by atoms with Crippen molar-refractivity contribution in [3.05, 3.63) is 52.5 Å². The van der Waals surface area contributed by atoms with Gasteiger partial charge in [0.15, 0.2) is 0 Å². The van der Waals surface area contributed by atoms with Gasteiger partial charge in [0.05, 0.1) is 24.8 Å². The number of nitrogens with zero attached hydrogens (tertiary/aromatic N) is 1. The highest BCUT2D eigenvalue weighted by atomic mass is 32.1. The lowest BCUT2D eigenvalue weighted by Gasteiger charge is -2.32. The Bertz CT molecular complexity index is 589. The van der Waals surface area contributed by atoms with E-state index in [0.717, 1.165) is 12.0 Å². The molecule has 0 radical (unpaired) electrons. The predicted molar refractivity (Wildman–Crippen MR) is 83.8 cm³/mol. The molecule has 5 nitrogen and oxygen atoms in total. The SMILES string of the molecule is O=C(N[C@@H]1CCOC[C@H]1OCc1ccccc1)c1cscn1. The van der Waals surface area contributed by atoms with Gasteiger partial charge in [-0.3, -0.25) is 4.79 Å². The molecule has 1 aromatic carbocycles. The number of carbonyl (C=O) groups excluding carboxylic acids is 1. The Kier molecular flexibility index (Phi) is 5.15. The van der Waals surface area contributed by atoms with E-state index in [-0.39, 0.29) is 18.1 Å². The largest absolute Gasteiger partial charge is 0.379 e. The van der Waals surface area contributed by atoms with Crippen LogP contribution in [0.25, 0.3) is 0 Å². The molecule has 22 heavy (non-hydrogen) atoms. The minimum Gasteiger partial charge on any atom is -0.379 e. The van der Waals surface area contributed by atoms with Crippen LogP contribution in [0.15, 0.2) is 41.2 Å². The molecule has 1 saturated heterocycles. The Morgan fingerprint density at radius 2 is 2.27 bits per heavy atom. The van der Waals surface area contributed by atoms with E-state index in [9.17, 15) is 4.79 Å². The number of benzene rings is 1. The fourth-order valence-electron chi connectivity index (χ4n) is 2.39. The van der Waals surface area contributed by atoms with Crippen molar-refractivity contribution in [2.45, 2.75) is 25.2 Å². The molecule has 1 aliphatic rings. The maximum Gasteiger partial charge on any atom is 0.271 e. The fraction of sp³-hybridized carbons (Fsp3) is 0.375. The molecule has 2 aromatic rings. The second kappa shape index (κ2) is 7.49. The van der Waals surface area contributed by atoms with Crippen LogP contribution >= 0.6 is 11.3 Å². The summed E-state index contributed by atoms with van der Waals surface area (Å²) in [6, 6.07) is 9.94. The van der Waals surface area contributed by atoms with Crippen LogP contribution in [0.2, 0.25) is 0 Å². The second-order valence-corrected chi connectivity index (χ2v) is 5.87. The van der Waals surface area contributed by atoms with Crippen molar-refractivity contribution in [2.24, 2.45) is 0 Å². The Labute approximate surface area is 133 Å². The number of rotatable bonds is 5. The predicted octanol–water partition coefficient (Wildman–Crippen LogP) is 2.25. The zero-order valence-electron chi connectivity index (χ0n) is 12.1. The quantitative estimate of drug-likeness (QED) is 0.918. The molecule has 1 fully saturated rings. The number of ether oxygens (including phenoxy) is 2. The minimum absolute atomic E-state index is 0.0494. The van der Waals surface area contributed by atoms with Gasteiger partial charge in [-0.15, -0.1) is 11.3 Å². The molecular weight excluding hydrogens is 300 g/mol. The van der Waals surface area contributed by atoms with Crippen molar-refractivity contribution in [1.29, 1.82) is 0 Å². The topological polar surface area (TPSA) is 60.5 Å². The van der Waals surface area contributed by atoms with Crippen LogP contribution in [0.1, 0.15) is 22.5 Å². The van der Waals surface area contributed by atoms with Gasteiger partial charge in [0, 0.05) is 12.0 Å². The lowest BCUT2D eigenvalue weighted by Crippen LogP contribution is -2.50. The zero-order chi connectivity index (χ0) is 15.2. The summed E-state index contributed by atoms with van der Waals surface area (Å²) in [5.74, 6) is -0.151. The number of hydrogen-bond donors (Lipinski definition) is 1. The summed E-state index contributed by atoms with van der Waals surface area (Å²) in [6.07, 6.45) is 0.603. The van der Waals surface area contributed by atoms with E-state index in [1.165, 1.54) is 11.3 Å². The van der Waals surface area contributed by atoms with E-state index < -0.39 is 0 Å². The maximum absolute atomic E-state index is 12.1. The summed E-state index contributed by atoms with van der Waals surface area (Å²) in [4.78, 5) is 16.2. The van der Waals surface area contributed by atoms with Crippen molar-refractivity contribution in [1.82, 2.24) is 10.3 Å². The first-order valence-corrected chi connectivity index (χ1v) is 8.19. The van der Waals surface area contributed by atoms with Gasteiger partial charge in [-0.25, -0.2) is 4.98 Å². The zero-order valence-corrected chi connectivity index (χ0v) is 12.9. The summed E-state index contributed by atoms with van der Waals surface area (Å²) < 4.78 is 11.4. The summed E-state index contributed by atoms with van der Waals surface area (Å²) in [5, 5.41) is 4.75. The van der Waals surface area contributed by atoms with Gasteiger partial charge in [0.2, 0.25) is 0 Å². The molecule has 1 amide bonds. The first-order chi connectivity index (χ1) is 10.8. The molecule has 3 rings (SSSR count). The third kappa shape index (κ3) is 3.91. The Morgan fingerprint density at radius 3 is 3.05 bits per heavy atom. The van der Waals surface area contributed by atoms with E-state index in [1.807, 2.05) is 30.3 Å². The Balaban J connectivity index is 1.57. The van der Waals surface area contributed by atoms with E-state index in [2.05, 4.69) is 10.3 Å². The average Bonchev–Trinajstić information content (AvgIpc) is 3.10. The van der Waals surface area contributed by atoms with Crippen molar-refractivity contribution < 1.29 is 14.3 Å². The number of nitrogens with one attached hydrogen (secondary N) is 1. The van der Waals surface area contributed by atoms with Gasteiger partial charge in [-0.2, -0.15) is 0 Å². The molecule has 0 bridgehead atoms. The second-order valence-electron chi connectivity index (χ2n) is 5.15. The van der Waals surface area contributed by atoms with Crippen LogP contribution in [0.5, 0.6) is 0 Å². The standard InChI is InChI=1S/C16H18N2O3S/c19-16(14-10-22-11-17-14)18-13-6-7-20-9-15(13)21-8-12-4-2-1-3-5-12/h1-5,10-11,13,15H,6-9H2,(H,18,19)/t13-,15-/m1/s1. The molecule has 0 aliphatic carbocycles. The minimum atomic E-state index is -0.151. The Hall–Kier alpha value is -1.76. The normalized spacial score (nSPS) is 21.5. The first-order valence-electron chi connectivity index (χ1n) is 7.25. The number of hydrogen-bond acceptors (Lipinski definition) is 5. The lowest BCUT2D eigenvalue weighted by atomic mass is 10.1. The molecule has 0 spiro atoms. The number of thiazole rings is 1. The number of aromatic nitrogens is 1. The van der Waals surface area contributed by atoms with Crippen LogP contribution in [-0.4, -0.2) is 36.3 Å². The molecule has 2 heterocycles. The molecule has 1 aromatic heterocycles. The molecular formula is C16H18N2O3S. The highest BCUT2D eigenvalue weighted by molar-refractivity contribution is 7.07. The van der Waals surface area contributed by atoms with E-state index in [1.54, 1.807) is 10.9 Å².